The highest BCUT2D eigenvalue weighted by Crippen LogP contribution is 2.44. The lowest BCUT2D eigenvalue weighted by Crippen LogP contribution is -2.29. The first-order valence-corrected chi connectivity index (χ1v) is 11.3. The largest absolute Gasteiger partial charge is 0.507 e. The summed E-state index contributed by atoms with van der Waals surface area (Å²) in [5.74, 6) is -1.95. The Morgan fingerprint density at radius 2 is 1.88 bits per heavy atom. The Morgan fingerprint density at radius 1 is 1.12 bits per heavy atom. The number of thiazole rings is 1. The van der Waals surface area contributed by atoms with Crippen LogP contribution in [0, 0.1) is 5.82 Å². The highest BCUT2D eigenvalue weighted by atomic mass is 35.5. The van der Waals surface area contributed by atoms with Crippen molar-refractivity contribution >= 4 is 55.7 Å². The van der Waals surface area contributed by atoms with Crippen LogP contribution in [0.5, 0.6) is 5.75 Å². The number of nitrogens with zero attached hydrogens (tertiary/aromatic N) is 2. The maximum absolute atomic E-state index is 13.8. The summed E-state index contributed by atoms with van der Waals surface area (Å²) in [6.45, 7) is 0. The van der Waals surface area contributed by atoms with E-state index in [1.165, 1.54) is 30.2 Å². The molecule has 1 atom stereocenters. The zero-order chi connectivity index (χ0) is 24.0. The van der Waals surface area contributed by atoms with Gasteiger partial charge in [-0.05, 0) is 60.2 Å². The van der Waals surface area contributed by atoms with Gasteiger partial charge in [0.2, 0.25) is 0 Å². The van der Waals surface area contributed by atoms with E-state index in [1.807, 2.05) is 0 Å². The molecule has 0 aliphatic carbocycles. The fourth-order valence-corrected chi connectivity index (χ4v) is 5.05. The molecule has 0 saturated carbocycles. The lowest BCUT2D eigenvalue weighted by atomic mass is 9.95. The Morgan fingerprint density at radius 3 is 2.62 bits per heavy atom. The first kappa shape index (κ1) is 22.1. The van der Waals surface area contributed by atoms with Crippen LogP contribution in [0.3, 0.4) is 0 Å². The molecule has 34 heavy (non-hydrogen) atoms. The minimum absolute atomic E-state index is 0.0917. The van der Waals surface area contributed by atoms with Crippen molar-refractivity contribution in [3.63, 3.8) is 0 Å². The van der Waals surface area contributed by atoms with Crippen LogP contribution in [0.25, 0.3) is 16.0 Å². The zero-order valence-electron chi connectivity index (χ0n) is 17.7. The summed E-state index contributed by atoms with van der Waals surface area (Å²) >= 11 is 7.05. The smallest absolute Gasteiger partial charge is 0.301 e. The molecule has 1 aliphatic rings. The lowest BCUT2D eigenvalue weighted by Gasteiger charge is -2.23. The van der Waals surface area contributed by atoms with Gasteiger partial charge in [-0.2, -0.15) is 0 Å². The number of ketones is 1. The molecule has 5 rings (SSSR count). The monoisotopic (exact) mass is 494 g/mol. The molecular weight excluding hydrogens is 479 g/mol. The summed E-state index contributed by atoms with van der Waals surface area (Å²) in [4.78, 5) is 32.2. The van der Waals surface area contributed by atoms with Crippen molar-refractivity contribution in [1.29, 1.82) is 0 Å². The molecule has 6 nitrogen and oxygen atoms in total. The minimum atomic E-state index is -0.976. The molecule has 9 heteroatoms. The molecule has 170 valence electrons. The molecule has 0 radical (unpaired) electrons. The fourth-order valence-electron chi connectivity index (χ4n) is 3.91. The summed E-state index contributed by atoms with van der Waals surface area (Å²) < 4.78 is 19.6. The average Bonchev–Trinajstić information content (AvgIpc) is 3.37. The van der Waals surface area contributed by atoms with Crippen molar-refractivity contribution in [3.05, 3.63) is 94.3 Å². The van der Waals surface area contributed by atoms with Gasteiger partial charge in [0.05, 0.1) is 28.9 Å². The second-order valence-corrected chi connectivity index (χ2v) is 9.01. The number of amides is 1. The Bertz CT molecular complexity index is 1480. The van der Waals surface area contributed by atoms with Gasteiger partial charge in [0.1, 0.15) is 17.3 Å². The number of anilines is 1. The summed E-state index contributed by atoms with van der Waals surface area (Å²) in [5.41, 5.74) is 1.28. The van der Waals surface area contributed by atoms with Gasteiger partial charge in [-0.3, -0.25) is 14.5 Å². The molecule has 1 N–H and O–H groups in total. The van der Waals surface area contributed by atoms with E-state index in [-0.39, 0.29) is 16.5 Å². The van der Waals surface area contributed by atoms with Crippen LogP contribution < -0.4 is 9.64 Å². The number of benzene rings is 3. The number of carbonyl (C=O) groups excluding carboxylic acids is 2. The predicted octanol–water partition coefficient (Wildman–Crippen LogP) is 5.72. The molecule has 1 unspecified atom stereocenters. The van der Waals surface area contributed by atoms with Crippen molar-refractivity contribution in [3.8, 4) is 5.75 Å². The molecule has 4 aromatic rings. The third-order valence-corrected chi connectivity index (χ3v) is 6.79. The highest BCUT2D eigenvalue weighted by molar-refractivity contribution is 7.22. The SMILES string of the molecule is COc1cccc(C2C(=C(O)c3ccc(Cl)cc3)C(=O)C(=O)N2c2nc3ccc(F)cc3s2)c1. The number of ether oxygens (including phenoxy) is 1. The van der Waals surface area contributed by atoms with E-state index in [4.69, 9.17) is 16.3 Å². The number of aromatic nitrogens is 1. The number of methoxy groups -OCH3 is 1. The fraction of sp³-hybridized carbons (Fsp3) is 0.0800. The number of hydrogen-bond acceptors (Lipinski definition) is 6. The van der Waals surface area contributed by atoms with Crippen LogP contribution in [-0.2, 0) is 9.59 Å². The lowest BCUT2D eigenvalue weighted by molar-refractivity contribution is -0.132. The van der Waals surface area contributed by atoms with E-state index in [0.717, 1.165) is 11.3 Å². The molecule has 3 aromatic carbocycles. The Kier molecular flexibility index (Phi) is 5.55. The third kappa shape index (κ3) is 3.70. The average molecular weight is 495 g/mol. The number of halogens is 2. The van der Waals surface area contributed by atoms with E-state index in [2.05, 4.69) is 4.98 Å². The van der Waals surface area contributed by atoms with Gasteiger partial charge in [-0.25, -0.2) is 9.37 Å². The van der Waals surface area contributed by atoms with Gasteiger partial charge in [0.15, 0.2) is 5.13 Å². The number of aliphatic hydroxyl groups excluding tert-OH is 1. The van der Waals surface area contributed by atoms with Crippen LogP contribution >= 0.6 is 22.9 Å². The normalized spacial score (nSPS) is 17.5. The first-order chi connectivity index (χ1) is 16.4. The molecule has 1 aromatic heterocycles. The number of Topliss-reactive ketones (excluding diaryl/α,β-unsaturated/α-hetero) is 1. The Labute approximate surface area is 202 Å². The number of aliphatic hydroxyl groups is 1. The summed E-state index contributed by atoms with van der Waals surface area (Å²) in [6.07, 6.45) is 0. The molecule has 1 amide bonds. The van der Waals surface area contributed by atoms with E-state index in [9.17, 15) is 19.1 Å². The van der Waals surface area contributed by atoms with E-state index >= 15 is 0 Å². The summed E-state index contributed by atoms with van der Waals surface area (Å²) in [5, 5.41) is 11.8. The maximum atomic E-state index is 13.8. The second kappa shape index (κ2) is 8.55. The molecular formula is C25H16ClFN2O4S. The predicted molar refractivity (Wildman–Crippen MR) is 129 cm³/mol. The Hall–Kier alpha value is -3.75. The van der Waals surface area contributed by atoms with Gasteiger partial charge in [-0.1, -0.05) is 35.1 Å². The quantitative estimate of drug-likeness (QED) is 0.223. The number of rotatable bonds is 4. The van der Waals surface area contributed by atoms with Gasteiger partial charge in [0, 0.05) is 10.6 Å². The van der Waals surface area contributed by atoms with Crippen molar-refractivity contribution in [2.75, 3.05) is 12.0 Å². The number of carbonyl (C=O) groups is 2. The van der Waals surface area contributed by atoms with Gasteiger partial charge < -0.3 is 9.84 Å². The third-order valence-electron chi connectivity index (χ3n) is 5.52. The van der Waals surface area contributed by atoms with Crippen molar-refractivity contribution in [2.45, 2.75) is 6.04 Å². The van der Waals surface area contributed by atoms with E-state index in [1.54, 1.807) is 48.5 Å². The van der Waals surface area contributed by atoms with Crippen molar-refractivity contribution in [2.24, 2.45) is 0 Å². The van der Waals surface area contributed by atoms with Crippen LogP contribution in [0.2, 0.25) is 5.02 Å². The summed E-state index contributed by atoms with van der Waals surface area (Å²) in [7, 11) is 1.51. The highest BCUT2D eigenvalue weighted by Gasteiger charge is 2.48. The van der Waals surface area contributed by atoms with E-state index in [0.29, 0.717) is 32.1 Å². The van der Waals surface area contributed by atoms with Crippen LogP contribution in [0.4, 0.5) is 9.52 Å². The van der Waals surface area contributed by atoms with Crippen LogP contribution in [0.15, 0.2) is 72.3 Å². The molecule has 1 aliphatic heterocycles. The van der Waals surface area contributed by atoms with Crippen molar-refractivity contribution < 1.29 is 23.8 Å². The van der Waals surface area contributed by atoms with E-state index < -0.39 is 23.5 Å². The van der Waals surface area contributed by atoms with Crippen molar-refractivity contribution in [1.82, 2.24) is 4.98 Å². The van der Waals surface area contributed by atoms with Gasteiger partial charge in [-0.15, -0.1) is 0 Å². The van der Waals surface area contributed by atoms with Crippen LogP contribution in [0.1, 0.15) is 17.2 Å². The zero-order valence-corrected chi connectivity index (χ0v) is 19.2. The molecule has 0 bridgehead atoms. The standard InChI is InChI=1S/C25H16ClFN2O4S/c1-33-17-4-2-3-14(11-17)21-20(22(30)13-5-7-15(26)8-6-13)23(31)24(32)29(21)25-28-18-10-9-16(27)12-19(18)34-25/h2-12,21,30H,1H3. The first-order valence-electron chi connectivity index (χ1n) is 10.1. The van der Waals surface area contributed by atoms with Crippen LogP contribution in [-0.4, -0.2) is 28.9 Å². The molecule has 1 fully saturated rings. The maximum Gasteiger partial charge on any atom is 0.301 e. The minimum Gasteiger partial charge on any atom is -0.507 e. The second-order valence-electron chi connectivity index (χ2n) is 7.56. The molecule has 1 saturated heterocycles. The topological polar surface area (TPSA) is 79.7 Å². The molecule has 2 heterocycles. The molecule has 0 spiro atoms. The Balaban J connectivity index is 1.74. The van der Waals surface area contributed by atoms with Gasteiger partial charge in [0.25, 0.3) is 5.78 Å². The number of fused-ring (bicyclic) bond motifs is 1. The number of hydrogen-bond donors (Lipinski definition) is 1. The van der Waals surface area contributed by atoms with Gasteiger partial charge >= 0.3 is 5.91 Å². The summed E-state index contributed by atoms with van der Waals surface area (Å²) in [6, 6.07) is 16.3.